The molecule has 1 heterocycles. The van der Waals surface area contributed by atoms with Gasteiger partial charge in [-0.25, -0.2) is 0 Å². The minimum Gasteiger partial charge on any atom is -0.378 e. The van der Waals surface area contributed by atoms with Gasteiger partial charge < -0.3 is 14.8 Å². The van der Waals surface area contributed by atoms with Gasteiger partial charge in [-0.2, -0.15) is 5.26 Å². The lowest BCUT2D eigenvalue weighted by molar-refractivity contribution is -0.102. The molecule has 0 aromatic carbocycles. The van der Waals surface area contributed by atoms with Gasteiger partial charge in [-0.05, 0) is 39.7 Å². The Kier molecular flexibility index (Phi) is 6.49. The topological polar surface area (TPSA) is 54.3 Å². The summed E-state index contributed by atoms with van der Waals surface area (Å²) in [5, 5.41) is 12.0. The molecular weight excluding hydrogens is 216 g/mol. The number of nitrogens with zero attached hydrogens (tertiary/aromatic N) is 1. The average molecular weight is 240 g/mol. The van der Waals surface area contributed by atoms with E-state index in [9.17, 15) is 0 Å². The van der Waals surface area contributed by atoms with Crippen LogP contribution in [-0.4, -0.2) is 37.5 Å². The van der Waals surface area contributed by atoms with Gasteiger partial charge in [-0.15, -0.1) is 0 Å². The van der Waals surface area contributed by atoms with Crippen LogP contribution in [0.1, 0.15) is 40.0 Å². The first-order valence-corrected chi connectivity index (χ1v) is 6.55. The summed E-state index contributed by atoms with van der Waals surface area (Å²) in [5.74, 6) is 0. The quantitative estimate of drug-likeness (QED) is 0.770. The van der Waals surface area contributed by atoms with Crippen molar-refractivity contribution in [3.63, 3.8) is 0 Å². The highest BCUT2D eigenvalue weighted by Gasteiger charge is 2.24. The van der Waals surface area contributed by atoms with Crippen LogP contribution in [0.5, 0.6) is 0 Å². The summed E-state index contributed by atoms with van der Waals surface area (Å²) in [4.78, 5) is 0. The van der Waals surface area contributed by atoms with Crippen LogP contribution in [0, 0.1) is 11.3 Å². The van der Waals surface area contributed by atoms with Crippen molar-refractivity contribution in [1.82, 2.24) is 5.32 Å². The monoisotopic (exact) mass is 240 g/mol. The van der Waals surface area contributed by atoms with Crippen LogP contribution in [0.2, 0.25) is 0 Å². The molecule has 4 heteroatoms. The Bertz CT molecular complexity index is 242. The molecule has 0 bridgehead atoms. The average Bonchev–Trinajstić information content (AvgIpc) is 2.26. The van der Waals surface area contributed by atoms with Crippen molar-refractivity contribution in [3.05, 3.63) is 0 Å². The van der Waals surface area contributed by atoms with Crippen LogP contribution < -0.4 is 5.32 Å². The van der Waals surface area contributed by atoms with Crippen molar-refractivity contribution >= 4 is 0 Å². The molecule has 17 heavy (non-hydrogen) atoms. The number of rotatable bonds is 6. The van der Waals surface area contributed by atoms with Gasteiger partial charge in [0, 0.05) is 6.61 Å². The molecule has 0 aromatic rings. The first-order chi connectivity index (χ1) is 8.15. The maximum Gasteiger partial charge on any atom is 0.0974 e. The van der Waals surface area contributed by atoms with Gasteiger partial charge in [0.2, 0.25) is 0 Å². The molecule has 0 amide bonds. The van der Waals surface area contributed by atoms with Gasteiger partial charge in [0.1, 0.15) is 0 Å². The zero-order valence-electron chi connectivity index (χ0n) is 11.1. The van der Waals surface area contributed by atoms with Crippen LogP contribution in [-0.2, 0) is 9.47 Å². The van der Waals surface area contributed by atoms with Gasteiger partial charge in [-0.3, -0.25) is 0 Å². The normalized spacial score (nSPS) is 30.8. The van der Waals surface area contributed by atoms with Gasteiger partial charge in [0.05, 0.1) is 30.4 Å². The second kappa shape index (κ2) is 7.65. The fourth-order valence-electron chi connectivity index (χ4n) is 2.29. The fraction of sp³-hybridized carbons (Fsp3) is 0.923. The summed E-state index contributed by atoms with van der Waals surface area (Å²) in [5.41, 5.74) is 0. The first kappa shape index (κ1) is 14.4. The summed E-state index contributed by atoms with van der Waals surface area (Å²) in [6, 6.07) is 2.15. The van der Waals surface area contributed by atoms with Gasteiger partial charge >= 0.3 is 0 Å². The maximum atomic E-state index is 8.89. The molecule has 0 radical (unpaired) electrons. The number of ether oxygens (including phenoxy) is 2. The SMILES string of the molecule is CCNC(C#N)CCOC1CC(C)OC(C)C1. The summed E-state index contributed by atoms with van der Waals surface area (Å²) >= 11 is 0. The molecule has 3 unspecified atom stereocenters. The van der Waals surface area contributed by atoms with Crippen molar-refractivity contribution < 1.29 is 9.47 Å². The highest BCUT2D eigenvalue weighted by molar-refractivity contribution is 4.89. The van der Waals surface area contributed by atoms with Crippen LogP contribution in [0.25, 0.3) is 0 Å². The molecule has 1 fully saturated rings. The largest absolute Gasteiger partial charge is 0.378 e. The molecular formula is C13H24N2O2. The molecule has 4 nitrogen and oxygen atoms in total. The second-order valence-corrected chi connectivity index (χ2v) is 4.75. The highest BCUT2D eigenvalue weighted by atomic mass is 16.5. The Labute approximate surface area is 104 Å². The van der Waals surface area contributed by atoms with Crippen molar-refractivity contribution in [2.24, 2.45) is 0 Å². The lowest BCUT2D eigenvalue weighted by atomic mass is 10.0. The van der Waals surface area contributed by atoms with Crippen molar-refractivity contribution in [2.75, 3.05) is 13.2 Å². The molecule has 1 aliphatic rings. The van der Waals surface area contributed by atoms with E-state index in [1.165, 1.54) is 0 Å². The van der Waals surface area contributed by atoms with E-state index in [0.717, 1.165) is 25.8 Å². The fourth-order valence-corrected chi connectivity index (χ4v) is 2.29. The number of hydrogen-bond acceptors (Lipinski definition) is 4. The van der Waals surface area contributed by atoms with E-state index < -0.39 is 0 Å². The number of hydrogen-bond donors (Lipinski definition) is 1. The molecule has 1 saturated heterocycles. The van der Waals surface area contributed by atoms with Crippen LogP contribution in [0.3, 0.4) is 0 Å². The molecule has 3 atom stereocenters. The standard InChI is InChI=1S/C13H24N2O2/c1-4-15-12(9-14)5-6-16-13-7-10(2)17-11(3)8-13/h10-13,15H,4-8H2,1-3H3. The van der Waals surface area contributed by atoms with E-state index in [1.54, 1.807) is 0 Å². The summed E-state index contributed by atoms with van der Waals surface area (Å²) in [7, 11) is 0. The zero-order chi connectivity index (χ0) is 12.7. The van der Waals surface area contributed by atoms with Crippen LogP contribution in [0.4, 0.5) is 0 Å². The van der Waals surface area contributed by atoms with Gasteiger partial charge in [-0.1, -0.05) is 6.92 Å². The number of nitrogens with one attached hydrogen (secondary N) is 1. The van der Waals surface area contributed by atoms with E-state index in [1.807, 2.05) is 6.92 Å². The zero-order valence-corrected chi connectivity index (χ0v) is 11.1. The van der Waals surface area contributed by atoms with E-state index in [-0.39, 0.29) is 24.4 Å². The van der Waals surface area contributed by atoms with E-state index in [0.29, 0.717) is 6.61 Å². The van der Waals surface area contributed by atoms with Crippen molar-refractivity contribution in [1.29, 1.82) is 5.26 Å². The third kappa shape index (κ3) is 5.49. The van der Waals surface area contributed by atoms with E-state index in [4.69, 9.17) is 14.7 Å². The van der Waals surface area contributed by atoms with Crippen LogP contribution in [0.15, 0.2) is 0 Å². The molecule has 98 valence electrons. The molecule has 0 aromatic heterocycles. The Balaban J connectivity index is 2.19. The van der Waals surface area contributed by atoms with Gasteiger partial charge in [0.15, 0.2) is 0 Å². The van der Waals surface area contributed by atoms with E-state index >= 15 is 0 Å². The predicted octanol–water partition coefficient (Wildman–Crippen LogP) is 1.85. The lowest BCUT2D eigenvalue weighted by Gasteiger charge is -2.32. The molecule has 0 spiro atoms. The number of nitriles is 1. The maximum absolute atomic E-state index is 8.89. The second-order valence-electron chi connectivity index (χ2n) is 4.75. The highest BCUT2D eigenvalue weighted by Crippen LogP contribution is 2.21. The Morgan fingerprint density at radius 2 is 2.06 bits per heavy atom. The third-order valence-electron chi connectivity index (χ3n) is 3.02. The Morgan fingerprint density at radius 1 is 1.41 bits per heavy atom. The third-order valence-corrected chi connectivity index (χ3v) is 3.02. The lowest BCUT2D eigenvalue weighted by Crippen LogP contribution is -2.35. The molecule has 1 N–H and O–H groups in total. The first-order valence-electron chi connectivity index (χ1n) is 6.55. The Hall–Kier alpha value is -0.630. The van der Waals surface area contributed by atoms with Crippen LogP contribution >= 0.6 is 0 Å². The molecule has 0 aliphatic carbocycles. The molecule has 0 saturated carbocycles. The summed E-state index contributed by atoms with van der Waals surface area (Å²) in [6.45, 7) is 7.65. The summed E-state index contributed by atoms with van der Waals surface area (Å²) in [6.07, 6.45) is 3.53. The van der Waals surface area contributed by atoms with Crippen molar-refractivity contribution in [3.8, 4) is 6.07 Å². The van der Waals surface area contributed by atoms with Crippen molar-refractivity contribution in [2.45, 2.75) is 64.4 Å². The van der Waals surface area contributed by atoms with Gasteiger partial charge in [0.25, 0.3) is 0 Å². The Morgan fingerprint density at radius 3 is 2.59 bits per heavy atom. The minimum absolute atomic E-state index is 0.0883. The summed E-state index contributed by atoms with van der Waals surface area (Å²) < 4.78 is 11.5. The minimum atomic E-state index is -0.0883. The molecule has 1 aliphatic heterocycles. The smallest absolute Gasteiger partial charge is 0.0974 e. The molecule has 1 rings (SSSR count). The van der Waals surface area contributed by atoms with E-state index in [2.05, 4.69) is 25.2 Å². The predicted molar refractivity (Wildman–Crippen MR) is 66.7 cm³/mol.